The number of hydrogen-bond donors (Lipinski definition) is 2. The van der Waals surface area contributed by atoms with Crippen LogP contribution in [-0.2, 0) is 9.59 Å². The van der Waals surface area contributed by atoms with Crippen LogP contribution in [0.2, 0.25) is 0 Å². The second kappa shape index (κ2) is 4.10. The highest BCUT2D eigenvalue weighted by Gasteiger charge is 2.73. The summed E-state index contributed by atoms with van der Waals surface area (Å²) >= 11 is 0. The molecule has 130 valence electrons. The molecule has 0 unspecified atom stereocenters. The van der Waals surface area contributed by atoms with Gasteiger partial charge in [-0.25, -0.2) is 0 Å². The van der Waals surface area contributed by atoms with Crippen LogP contribution < -0.4 is 0 Å². The molecule has 4 aliphatic carbocycles. The predicted molar refractivity (Wildman–Crippen MR) is 89.0 cm³/mol. The normalized spacial score (nSPS) is 51.9. The molecular weight excluding hydrogens is 304 g/mol. The fraction of sp³-hybridized carbons (Fsp3) is 0.700. The van der Waals surface area contributed by atoms with Gasteiger partial charge in [0.2, 0.25) is 5.78 Å². The van der Waals surface area contributed by atoms with Crippen molar-refractivity contribution in [3.8, 4) is 0 Å². The molecule has 0 heterocycles. The molecule has 2 saturated carbocycles. The monoisotopic (exact) mass is 330 g/mol. The maximum atomic E-state index is 13.2. The summed E-state index contributed by atoms with van der Waals surface area (Å²) in [4.78, 5) is 25.8. The smallest absolute Gasteiger partial charge is 0.204 e. The lowest BCUT2D eigenvalue weighted by molar-refractivity contribution is -0.160. The Morgan fingerprint density at radius 2 is 1.71 bits per heavy atom. The number of Topliss-reactive ketones (excluding diaryl/α,β-unsaturated/α-hetero) is 2. The van der Waals surface area contributed by atoms with E-state index in [-0.39, 0.29) is 28.6 Å². The van der Waals surface area contributed by atoms with Crippen molar-refractivity contribution in [1.29, 1.82) is 0 Å². The van der Waals surface area contributed by atoms with Crippen LogP contribution in [0.5, 0.6) is 0 Å². The van der Waals surface area contributed by atoms with Gasteiger partial charge < -0.3 is 10.2 Å². The lowest BCUT2D eigenvalue weighted by Crippen LogP contribution is -2.57. The maximum absolute atomic E-state index is 13.2. The minimum absolute atomic E-state index is 0.0863. The van der Waals surface area contributed by atoms with Gasteiger partial charge in [-0.2, -0.15) is 0 Å². The minimum atomic E-state index is -1.99. The summed E-state index contributed by atoms with van der Waals surface area (Å²) in [6.45, 7) is 9.56. The highest BCUT2D eigenvalue weighted by atomic mass is 16.3. The van der Waals surface area contributed by atoms with E-state index >= 15 is 0 Å². The summed E-state index contributed by atoms with van der Waals surface area (Å²) in [7, 11) is 0. The van der Waals surface area contributed by atoms with Crippen molar-refractivity contribution in [3.63, 3.8) is 0 Å². The number of hydrogen-bond acceptors (Lipinski definition) is 4. The van der Waals surface area contributed by atoms with Crippen LogP contribution in [0, 0.1) is 28.6 Å². The molecule has 0 aromatic heterocycles. The van der Waals surface area contributed by atoms with Gasteiger partial charge >= 0.3 is 0 Å². The second-order valence-electron chi connectivity index (χ2n) is 9.43. The molecule has 6 atom stereocenters. The van der Waals surface area contributed by atoms with Gasteiger partial charge in [0.15, 0.2) is 11.4 Å². The number of ketones is 2. The number of rotatable bonds is 0. The Kier molecular flexibility index (Phi) is 2.77. The van der Waals surface area contributed by atoms with Crippen LogP contribution >= 0.6 is 0 Å². The van der Waals surface area contributed by atoms with Crippen LogP contribution in [0.25, 0.3) is 0 Å². The van der Waals surface area contributed by atoms with E-state index < -0.39 is 22.4 Å². The largest absolute Gasteiger partial charge is 0.382 e. The van der Waals surface area contributed by atoms with E-state index in [0.29, 0.717) is 11.5 Å². The van der Waals surface area contributed by atoms with Crippen molar-refractivity contribution < 1.29 is 19.8 Å². The summed E-state index contributed by atoms with van der Waals surface area (Å²) < 4.78 is 0. The molecule has 24 heavy (non-hydrogen) atoms. The fourth-order valence-corrected chi connectivity index (χ4v) is 6.25. The van der Waals surface area contributed by atoms with Gasteiger partial charge in [0, 0.05) is 11.5 Å². The van der Waals surface area contributed by atoms with Crippen LogP contribution in [0.15, 0.2) is 23.3 Å². The summed E-state index contributed by atoms with van der Waals surface area (Å²) in [5.74, 6) is -0.484. The first kappa shape index (κ1) is 16.2. The van der Waals surface area contributed by atoms with Gasteiger partial charge in [-0.3, -0.25) is 9.59 Å². The zero-order valence-corrected chi connectivity index (χ0v) is 15.0. The second-order valence-corrected chi connectivity index (χ2v) is 9.43. The highest BCUT2D eigenvalue weighted by Crippen LogP contribution is 2.73. The summed E-state index contributed by atoms with van der Waals surface area (Å²) in [6, 6.07) is 0. The van der Waals surface area contributed by atoms with E-state index in [9.17, 15) is 19.8 Å². The average molecular weight is 330 g/mol. The van der Waals surface area contributed by atoms with Crippen molar-refractivity contribution in [1.82, 2.24) is 0 Å². The summed E-state index contributed by atoms with van der Waals surface area (Å²) in [5, 5.41) is 22.4. The molecule has 0 amide bonds. The third-order valence-corrected chi connectivity index (χ3v) is 7.53. The van der Waals surface area contributed by atoms with Gasteiger partial charge in [0.25, 0.3) is 0 Å². The van der Waals surface area contributed by atoms with E-state index in [0.717, 1.165) is 12.8 Å². The lowest BCUT2D eigenvalue weighted by atomic mass is 9.60. The Morgan fingerprint density at radius 1 is 1.08 bits per heavy atom. The van der Waals surface area contributed by atoms with Crippen molar-refractivity contribution in [2.24, 2.45) is 28.6 Å². The average Bonchev–Trinajstić information content (AvgIpc) is 2.95. The van der Waals surface area contributed by atoms with Gasteiger partial charge in [-0.05, 0) is 61.0 Å². The molecule has 2 N–H and O–H groups in total. The van der Waals surface area contributed by atoms with E-state index in [1.165, 1.54) is 13.0 Å². The first-order chi connectivity index (χ1) is 10.9. The van der Waals surface area contributed by atoms with Crippen molar-refractivity contribution in [2.45, 2.75) is 58.7 Å². The molecule has 4 heteroatoms. The molecule has 2 fully saturated rings. The third-order valence-electron chi connectivity index (χ3n) is 7.53. The Morgan fingerprint density at radius 3 is 2.33 bits per heavy atom. The first-order valence-electron chi connectivity index (χ1n) is 8.84. The van der Waals surface area contributed by atoms with Crippen LogP contribution in [0.4, 0.5) is 0 Å². The third kappa shape index (κ3) is 1.62. The Labute approximate surface area is 142 Å². The molecule has 0 saturated heterocycles. The summed E-state index contributed by atoms with van der Waals surface area (Å²) in [6.07, 6.45) is 4.99. The molecule has 0 aliphatic heterocycles. The molecule has 0 aromatic rings. The van der Waals surface area contributed by atoms with E-state index in [4.69, 9.17) is 0 Å². The maximum Gasteiger partial charge on any atom is 0.204 e. The molecule has 0 aromatic carbocycles. The molecule has 4 nitrogen and oxygen atoms in total. The molecule has 4 aliphatic rings. The fourth-order valence-electron chi connectivity index (χ4n) is 6.25. The number of carbonyl (C=O) groups is 2. The topological polar surface area (TPSA) is 74.6 Å². The minimum Gasteiger partial charge on any atom is -0.382 e. The number of carbonyl (C=O) groups excluding carboxylic acids is 2. The molecule has 4 rings (SSSR count). The van der Waals surface area contributed by atoms with Gasteiger partial charge in [0.05, 0.1) is 0 Å². The Balaban J connectivity index is 1.95. The first-order valence-corrected chi connectivity index (χ1v) is 8.84. The lowest BCUT2D eigenvalue weighted by Gasteiger charge is -2.45. The van der Waals surface area contributed by atoms with E-state index in [2.05, 4.69) is 13.8 Å². The van der Waals surface area contributed by atoms with Crippen LogP contribution in [-0.4, -0.2) is 33.0 Å². The Hall–Kier alpha value is -1.26. The van der Waals surface area contributed by atoms with Crippen LogP contribution in [0.3, 0.4) is 0 Å². The standard InChI is InChI=1S/C20H26O4/c1-10-8-20(24)12(14(10)21)9-18(4)7-6-11-13(17(11,2)3)15(18)19(5,23)16(20)22/h8-9,11,13,15,23-24H,6-7H2,1-5H3/t11-,13-,15+,18-,19+,20-/m0/s1. The predicted octanol–water partition coefficient (Wildman–Crippen LogP) is 2.20. The van der Waals surface area contributed by atoms with Gasteiger partial charge in [-0.15, -0.1) is 0 Å². The highest BCUT2D eigenvalue weighted by molar-refractivity contribution is 6.20. The Bertz CT molecular complexity index is 741. The molecule has 0 radical (unpaired) electrons. The SMILES string of the molecule is CC1=C[C@@]2(O)C(=O)[C@](C)(O)[C@@H]3[C@@H]4[C@H](CC[C@@]3(C)C=C2C1=O)C4(C)C. The molecule has 0 bridgehead atoms. The van der Waals surface area contributed by atoms with Gasteiger partial charge in [-0.1, -0.05) is 26.8 Å². The zero-order chi connectivity index (χ0) is 17.9. The van der Waals surface area contributed by atoms with E-state index in [1.807, 2.05) is 13.0 Å². The molecule has 0 spiro atoms. The number of fused-ring (bicyclic) bond motifs is 4. The van der Waals surface area contributed by atoms with Crippen molar-refractivity contribution in [3.05, 3.63) is 23.3 Å². The zero-order valence-electron chi connectivity index (χ0n) is 15.0. The number of aliphatic hydroxyl groups is 2. The quantitative estimate of drug-likeness (QED) is 0.714. The van der Waals surface area contributed by atoms with Crippen molar-refractivity contribution >= 4 is 11.6 Å². The van der Waals surface area contributed by atoms with E-state index in [1.54, 1.807) is 6.92 Å². The molecular formula is C20H26O4. The van der Waals surface area contributed by atoms with Gasteiger partial charge in [0.1, 0.15) is 5.60 Å². The van der Waals surface area contributed by atoms with Crippen molar-refractivity contribution in [2.75, 3.05) is 0 Å². The summed E-state index contributed by atoms with van der Waals surface area (Å²) in [5.41, 5.74) is -3.52. The van der Waals surface area contributed by atoms with Crippen LogP contribution in [0.1, 0.15) is 47.5 Å². The number of allylic oxidation sites excluding steroid dienone is 2.